The second-order valence-electron chi connectivity index (χ2n) is 8.54. The summed E-state index contributed by atoms with van der Waals surface area (Å²) in [5.41, 5.74) is 0.911. The highest BCUT2D eigenvalue weighted by atomic mass is 128. The molecule has 0 aromatic heterocycles. The average molecular weight is 604 g/mol. The van der Waals surface area contributed by atoms with Crippen LogP contribution in [0.2, 0.25) is 0 Å². The third-order valence-corrected chi connectivity index (χ3v) is 7.23. The molecule has 3 rings (SSSR count). The zero-order valence-corrected chi connectivity index (χ0v) is 20.3. The molecular formula is C20H30I2O5. The zero-order chi connectivity index (χ0) is 20.4. The van der Waals surface area contributed by atoms with E-state index >= 15 is 0 Å². The number of hydrogen-bond acceptors (Lipinski definition) is 5. The second kappa shape index (κ2) is 9.40. The van der Waals surface area contributed by atoms with Crippen molar-refractivity contribution in [1.82, 2.24) is 0 Å². The molecule has 0 radical (unpaired) electrons. The molecule has 6 atom stereocenters. The van der Waals surface area contributed by atoms with Crippen LogP contribution in [0.5, 0.6) is 0 Å². The van der Waals surface area contributed by atoms with Gasteiger partial charge in [0.15, 0.2) is 0 Å². The number of rotatable bonds is 3. The third-order valence-electron chi connectivity index (χ3n) is 7.23. The summed E-state index contributed by atoms with van der Waals surface area (Å²) in [4.78, 5) is 11.8. The Labute approximate surface area is 185 Å². The molecule has 5 nitrogen and oxygen atoms in total. The summed E-state index contributed by atoms with van der Waals surface area (Å²) in [6.45, 7) is 8.50. The lowest BCUT2D eigenvalue weighted by Crippen LogP contribution is -2.57. The number of fused-ring (bicyclic) bond motifs is 1. The van der Waals surface area contributed by atoms with Crippen molar-refractivity contribution in [2.24, 2.45) is 22.7 Å². The summed E-state index contributed by atoms with van der Waals surface area (Å²) < 4.78 is 4.90. The highest BCUT2D eigenvalue weighted by Gasteiger charge is 2.57. The molecule has 2 saturated carbocycles. The lowest BCUT2D eigenvalue weighted by Gasteiger charge is -2.59. The fourth-order valence-corrected chi connectivity index (χ4v) is 5.56. The summed E-state index contributed by atoms with van der Waals surface area (Å²) in [5.74, 6) is -0.0734. The Bertz CT molecular complexity index is 607. The average Bonchev–Trinajstić information content (AvgIpc) is 2.98. The van der Waals surface area contributed by atoms with Crippen molar-refractivity contribution in [3.05, 3.63) is 23.8 Å². The van der Waals surface area contributed by atoms with Gasteiger partial charge >= 0.3 is 5.97 Å². The molecule has 3 fully saturated rings. The van der Waals surface area contributed by atoms with E-state index in [0.717, 1.165) is 24.8 Å². The molecule has 0 amide bonds. The van der Waals surface area contributed by atoms with Crippen molar-refractivity contribution in [2.45, 2.75) is 58.2 Å². The molecule has 0 aromatic carbocycles. The van der Waals surface area contributed by atoms with E-state index in [9.17, 15) is 20.1 Å². The maximum Gasteiger partial charge on any atom is 0.336 e. The van der Waals surface area contributed by atoms with Crippen molar-refractivity contribution in [3.63, 3.8) is 0 Å². The van der Waals surface area contributed by atoms with Crippen LogP contribution in [-0.4, -0.2) is 46.7 Å². The lowest BCUT2D eigenvalue weighted by molar-refractivity contribution is -0.151. The van der Waals surface area contributed by atoms with E-state index < -0.39 is 23.6 Å². The van der Waals surface area contributed by atoms with Gasteiger partial charge in [-0.05, 0) is 49.4 Å². The predicted octanol–water partition coefficient (Wildman–Crippen LogP) is 3.73. The molecule has 2 aliphatic carbocycles. The van der Waals surface area contributed by atoms with Gasteiger partial charge < -0.3 is 20.1 Å². The van der Waals surface area contributed by atoms with Crippen molar-refractivity contribution in [1.29, 1.82) is 0 Å². The van der Waals surface area contributed by atoms with Crippen molar-refractivity contribution < 1.29 is 24.9 Å². The van der Waals surface area contributed by atoms with Gasteiger partial charge in [0, 0.05) is 42.6 Å². The van der Waals surface area contributed by atoms with Crippen molar-refractivity contribution in [2.75, 3.05) is 13.2 Å². The molecule has 3 N–H and O–H groups in total. The van der Waals surface area contributed by atoms with E-state index in [1.165, 1.54) is 0 Å². The molecule has 27 heavy (non-hydrogen) atoms. The van der Waals surface area contributed by atoms with E-state index in [2.05, 4.69) is 50.7 Å². The molecule has 1 saturated heterocycles. The minimum atomic E-state index is -0.844. The monoisotopic (exact) mass is 604 g/mol. The first-order valence-electron chi connectivity index (χ1n) is 9.40. The molecule has 3 unspecified atom stereocenters. The number of esters is 1. The van der Waals surface area contributed by atoms with Gasteiger partial charge in [0.25, 0.3) is 0 Å². The number of carbonyl (C=O) groups excluding carboxylic acids is 1. The first-order valence-corrected chi connectivity index (χ1v) is 15.7. The Morgan fingerprint density at radius 1 is 1.30 bits per heavy atom. The Balaban J connectivity index is 0.00000126. The van der Waals surface area contributed by atoms with Gasteiger partial charge in [-0.2, -0.15) is 0 Å². The zero-order valence-electron chi connectivity index (χ0n) is 16.0. The fraction of sp³-hybridized carbons (Fsp3) is 0.750. The van der Waals surface area contributed by atoms with Gasteiger partial charge in [-0.25, -0.2) is 4.79 Å². The van der Waals surface area contributed by atoms with Gasteiger partial charge in [0.2, 0.25) is 0 Å². The lowest BCUT2D eigenvalue weighted by atomic mass is 9.46. The number of aliphatic hydroxyl groups is 3. The third kappa shape index (κ3) is 4.27. The van der Waals surface area contributed by atoms with Crippen molar-refractivity contribution >= 4 is 43.2 Å². The summed E-state index contributed by atoms with van der Waals surface area (Å²) in [6, 6.07) is 0. The standard InChI is InChI=1S/C20H30O5.I2/c1-12-4-7-16-19(2,9-8-17(23)20(16,3)11-21)14(12)6-5-13-15(22)10-25-18(13)24;1-2/h5,14-17,21-23H,1,4,6-11H2,2-3H3;/b13-5+;/t14?,15-,16?,17-,19?,20+;/m1./s1. The van der Waals surface area contributed by atoms with Gasteiger partial charge in [-0.3, -0.25) is 0 Å². The minimum absolute atomic E-state index is 0.0280. The molecule has 7 heteroatoms. The molecule has 3 aliphatic rings. The van der Waals surface area contributed by atoms with Gasteiger partial charge in [-0.1, -0.05) is 32.1 Å². The minimum Gasteiger partial charge on any atom is -0.459 e. The number of cyclic esters (lactones) is 1. The van der Waals surface area contributed by atoms with Crippen LogP contribution in [0, 0.1) is 22.7 Å². The SMILES string of the molecule is C=C1CCC2C(C)(CC[C@@H](O)[C@@]2(C)CO)C1C/C=C1/C(=O)OC[C@H]1O.II. The molecule has 0 aromatic rings. The first-order chi connectivity index (χ1) is 12.7. The van der Waals surface area contributed by atoms with E-state index in [-0.39, 0.29) is 30.5 Å². The van der Waals surface area contributed by atoms with Crippen LogP contribution in [0.1, 0.15) is 46.0 Å². The predicted molar refractivity (Wildman–Crippen MR) is 122 cm³/mol. The highest BCUT2D eigenvalue weighted by Crippen LogP contribution is 2.61. The van der Waals surface area contributed by atoms with E-state index in [1.54, 1.807) is 0 Å². The van der Waals surface area contributed by atoms with E-state index in [4.69, 9.17) is 4.74 Å². The Morgan fingerprint density at radius 3 is 2.52 bits per heavy atom. The Hall–Kier alpha value is 0.290. The van der Waals surface area contributed by atoms with Gasteiger partial charge in [0.05, 0.1) is 18.3 Å². The number of ether oxygens (including phenoxy) is 1. The number of allylic oxidation sites excluding steroid dienone is 2. The fourth-order valence-electron chi connectivity index (χ4n) is 5.56. The molecule has 1 heterocycles. The summed E-state index contributed by atoms with van der Waals surface area (Å²) in [5, 5.41) is 30.4. The number of hydrogen-bond donors (Lipinski definition) is 3. The maximum atomic E-state index is 11.8. The Morgan fingerprint density at radius 2 is 1.96 bits per heavy atom. The summed E-state index contributed by atoms with van der Waals surface area (Å²) in [7, 11) is 0. The van der Waals surface area contributed by atoms with Crippen LogP contribution in [0.25, 0.3) is 0 Å². The van der Waals surface area contributed by atoms with Gasteiger partial charge in [0.1, 0.15) is 12.7 Å². The summed E-state index contributed by atoms with van der Waals surface area (Å²) in [6.07, 6.45) is 4.42. The van der Waals surface area contributed by atoms with Crippen LogP contribution in [-0.2, 0) is 9.53 Å². The van der Waals surface area contributed by atoms with Crippen LogP contribution in [0.4, 0.5) is 0 Å². The smallest absolute Gasteiger partial charge is 0.336 e. The summed E-state index contributed by atoms with van der Waals surface area (Å²) >= 11 is 4.24. The second-order valence-corrected chi connectivity index (χ2v) is 8.54. The number of carbonyl (C=O) groups is 1. The highest BCUT2D eigenvalue weighted by molar-refractivity contribution is 15.0. The van der Waals surface area contributed by atoms with Crippen LogP contribution in [0.15, 0.2) is 23.8 Å². The normalized spacial score (nSPS) is 43.0. The first kappa shape index (κ1) is 23.6. The van der Waals surface area contributed by atoms with Crippen LogP contribution in [0.3, 0.4) is 0 Å². The molecule has 1 aliphatic heterocycles. The van der Waals surface area contributed by atoms with Crippen LogP contribution >= 0.6 is 37.2 Å². The number of aliphatic hydroxyl groups excluding tert-OH is 3. The quantitative estimate of drug-likeness (QED) is 0.198. The molecule has 0 bridgehead atoms. The Kier molecular flexibility index (Phi) is 8.21. The van der Waals surface area contributed by atoms with Gasteiger partial charge in [-0.15, -0.1) is 0 Å². The maximum absolute atomic E-state index is 11.8. The topological polar surface area (TPSA) is 87.0 Å². The number of halogens is 2. The molecular weight excluding hydrogens is 574 g/mol. The molecule has 154 valence electrons. The molecule has 0 spiro atoms. The van der Waals surface area contributed by atoms with Crippen LogP contribution < -0.4 is 0 Å². The largest absolute Gasteiger partial charge is 0.459 e. The van der Waals surface area contributed by atoms with Crippen molar-refractivity contribution in [3.8, 4) is 0 Å². The van der Waals surface area contributed by atoms with E-state index in [1.807, 2.05) is 13.0 Å². The van der Waals surface area contributed by atoms with E-state index in [0.29, 0.717) is 18.4 Å².